The van der Waals surface area contributed by atoms with Gasteiger partial charge in [-0.05, 0) is 24.3 Å². The molecule has 0 saturated heterocycles. The van der Waals surface area contributed by atoms with Gasteiger partial charge in [-0.1, -0.05) is 17.7 Å². The highest BCUT2D eigenvalue weighted by atomic mass is 35.5. The van der Waals surface area contributed by atoms with Gasteiger partial charge in [0.05, 0.1) is 16.8 Å². The summed E-state index contributed by atoms with van der Waals surface area (Å²) in [4.78, 5) is 23.3. The molecule has 0 aliphatic carbocycles. The number of furan rings is 1. The summed E-state index contributed by atoms with van der Waals surface area (Å²) in [5, 5.41) is 5.05. The van der Waals surface area contributed by atoms with Crippen LogP contribution >= 0.6 is 11.6 Å². The average molecular weight is 311 g/mol. The van der Waals surface area contributed by atoms with Crippen LogP contribution in [0.25, 0.3) is 0 Å². The van der Waals surface area contributed by atoms with Gasteiger partial charge in [0.2, 0.25) is 0 Å². The Bertz CT molecular complexity index is 623. The molecule has 0 aliphatic heterocycles. The largest absolute Gasteiger partial charge is 0.459 e. The first kappa shape index (κ1) is 15.1. The third-order valence-corrected chi connectivity index (χ3v) is 2.95. The van der Waals surface area contributed by atoms with Gasteiger partial charge in [-0.25, -0.2) is 4.39 Å². The summed E-state index contributed by atoms with van der Waals surface area (Å²) in [5.41, 5.74) is -0.212. The number of amides is 2. The van der Waals surface area contributed by atoms with Crippen LogP contribution in [0.5, 0.6) is 0 Å². The number of carbonyl (C=O) groups is 2. The van der Waals surface area contributed by atoms with E-state index in [1.54, 1.807) is 6.07 Å². The van der Waals surface area contributed by atoms with Crippen LogP contribution in [0.2, 0.25) is 5.02 Å². The van der Waals surface area contributed by atoms with Gasteiger partial charge < -0.3 is 15.1 Å². The molecule has 110 valence electrons. The highest BCUT2D eigenvalue weighted by molar-refractivity contribution is 6.33. The zero-order valence-corrected chi connectivity index (χ0v) is 11.6. The second-order valence-corrected chi connectivity index (χ2v) is 4.49. The summed E-state index contributed by atoms with van der Waals surface area (Å²) in [7, 11) is 0. The van der Waals surface area contributed by atoms with Gasteiger partial charge in [0, 0.05) is 13.1 Å². The third-order valence-electron chi connectivity index (χ3n) is 2.63. The molecular formula is C14H12ClFN2O3. The van der Waals surface area contributed by atoms with Crippen molar-refractivity contribution in [1.82, 2.24) is 10.6 Å². The minimum atomic E-state index is -0.695. The van der Waals surface area contributed by atoms with Crippen molar-refractivity contribution >= 4 is 23.4 Å². The fourth-order valence-electron chi connectivity index (χ4n) is 1.65. The van der Waals surface area contributed by atoms with Gasteiger partial charge >= 0.3 is 0 Å². The lowest BCUT2D eigenvalue weighted by atomic mass is 10.2. The van der Waals surface area contributed by atoms with Crippen molar-refractivity contribution in [2.45, 2.75) is 0 Å². The summed E-state index contributed by atoms with van der Waals surface area (Å²) in [5.74, 6) is -1.54. The minimum Gasteiger partial charge on any atom is -0.459 e. The Morgan fingerprint density at radius 3 is 2.43 bits per heavy atom. The second kappa shape index (κ2) is 6.90. The average Bonchev–Trinajstić information content (AvgIpc) is 2.97. The number of carbonyl (C=O) groups excluding carboxylic acids is 2. The van der Waals surface area contributed by atoms with E-state index in [-0.39, 0.29) is 29.4 Å². The van der Waals surface area contributed by atoms with Crippen LogP contribution in [0.3, 0.4) is 0 Å². The minimum absolute atomic E-state index is 0.0344. The quantitative estimate of drug-likeness (QED) is 0.832. The summed E-state index contributed by atoms with van der Waals surface area (Å²) in [6.45, 7) is 0.313. The van der Waals surface area contributed by atoms with Gasteiger partial charge in [0.25, 0.3) is 11.8 Å². The fourth-order valence-corrected chi connectivity index (χ4v) is 1.90. The number of halogens is 2. The van der Waals surface area contributed by atoms with Crippen LogP contribution in [0.15, 0.2) is 41.0 Å². The lowest BCUT2D eigenvalue weighted by Gasteiger charge is -2.08. The van der Waals surface area contributed by atoms with E-state index in [1.165, 1.54) is 24.5 Å². The van der Waals surface area contributed by atoms with Crippen LogP contribution in [0.1, 0.15) is 20.9 Å². The van der Waals surface area contributed by atoms with E-state index in [1.807, 2.05) is 0 Å². The Morgan fingerprint density at radius 2 is 1.81 bits per heavy atom. The maximum atomic E-state index is 13.5. The van der Waals surface area contributed by atoms with Crippen molar-refractivity contribution in [3.05, 3.63) is 58.8 Å². The van der Waals surface area contributed by atoms with Crippen molar-refractivity contribution in [1.29, 1.82) is 0 Å². The number of nitrogens with one attached hydrogen (secondary N) is 2. The molecule has 2 amide bonds. The number of benzene rings is 1. The predicted molar refractivity (Wildman–Crippen MR) is 74.8 cm³/mol. The molecule has 0 spiro atoms. The van der Waals surface area contributed by atoms with Gasteiger partial charge in [-0.3, -0.25) is 9.59 Å². The maximum absolute atomic E-state index is 13.5. The first-order chi connectivity index (χ1) is 10.1. The van der Waals surface area contributed by atoms with Crippen molar-refractivity contribution in [3.63, 3.8) is 0 Å². The number of hydrogen-bond donors (Lipinski definition) is 2. The lowest BCUT2D eigenvalue weighted by molar-refractivity contribution is 0.0909. The van der Waals surface area contributed by atoms with Crippen LogP contribution in [0, 0.1) is 5.82 Å². The van der Waals surface area contributed by atoms with E-state index in [0.717, 1.165) is 6.07 Å². The molecule has 1 aromatic heterocycles. The predicted octanol–water partition coefficient (Wildman–Crippen LogP) is 2.23. The van der Waals surface area contributed by atoms with E-state index in [2.05, 4.69) is 10.6 Å². The Kier molecular flexibility index (Phi) is 4.94. The molecular weight excluding hydrogens is 299 g/mol. The van der Waals surface area contributed by atoms with E-state index < -0.39 is 17.6 Å². The molecule has 0 atom stereocenters. The standard InChI is InChI=1S/C14H12ClFN2O3/c15-9-3-1-4-10(16)12(9)14(20)18-7-6-17-13(19)11-5-2-8-21-11/h1-5,8H,6-7H2,(H,17,19)(H,18,20). The molecule has 1 heterocycles. The van der Waals surface area contributed by atoms with E-state index in [4.69, 9.17) is 16.0 Å². The Morgan fingerprint density at radius 1 is 1.10 bits per heavy atom. The van der Waals surface area contributed by atoms with Crippen LogP contribution in [0.4, 0.5) is 4.39 Å². The molecule has 0 radical (unpaired) electrons. The molecule has 5 nitrogen and oxygen atoms in total. The molecule has 1 aromatic carbocycles. The van der Waals surface area contributed by atoms with E-state index >= 15 is 0 Å². The second-order valence-electron chi connectivity index (χ2n) is 4.09. The van der Waals surface area contributed by atoms with E-state index in [9.17, 15) is 14.0 Å². The molecule has 7 heteroatoms. The van der Waals surface area contributed by atoms with Gasteiger partial charge in [-0.2, -0.15) is 0 Å². The zero-order valence-electron chi connectivity index (χ0n) is 10.9. The Hall–Kier alpha value is -2.34. The van der Waals surface area contributed by atoms with Crippen LogP contribution in [-0.4, -0.2) is 24.9 Å². The molecule has 0 fully saturated rings. The first-order valence-electron chi connectivity index (χ1n) is 6.13. The van der Waals surface area contributed by atoms with Gasteiger partial charge in [0.15, 0.2) is 5.76 Å². The molecule has 2 aromatic rings. The molecule has 2 N–H and O–H groups in total. The topological polar surface area (TPSA) is 71.3 Å². The maximum Gasteiger partial charge on any atom is 0.287 e. The summed E-state index contributed by atoms with van der Waals surface area (Å²) in [6.07, 6.45) is 1.39. The fraction of sp³-hybridized carbons (Fsp3) is 0.143. The Balaban J connectivity index is 1.81. The molecule has 0 unspecified atom stereocenters. The van der Waals surface area contributed by atoms with E-state index in [0.29, 0.717) is 0 Å². The lowest BCUT2D eigenvalue weighted by Crippen LogP contribution is -2.35. The zero-order chi connectivity index (χ0) is 15.2. The van der Waals surface area contributed by atoms with Gasteiger partial charge in [0.1, 0.15) is 5.82 Å². The molecule has 2 rings (SSSR count). The van der Waals surface area contributed by atoms with Crippen molar-refractivity contribution < 1.29 is 18.4 Å². The van der Waals surface area contributed by atoms with Gasteiger partial charge in [-0.15, -0.1) is 0 Å². The highest BCUT2D eigenvalue weighted by Crippen LogP contribution is 2.18. The van der Waals surface area contributed by atoms with Crippen LogP contribution < -0.4 is 10.6 Å². The summed E-state index contributed by atoms with van der Waals surface area (Å²) < 4.78 is 18.4. The molecule has 0 saturated carbocycles. The number of hydrogen-bond acceptors (Lipinski definition) is 3. The number of rotatable bonds is 5. The van der Waals surface area contributed by atoms with Crippen molar-refractivity contribution in [3.8, 4) is 0 Å². The SMILES string of the molecule is O=C(NCCNC(=O)c1c(F)cccc1Cl)c1ccco1. The third kappa shape index (κ3) is 3.82. The first-order valence-corrected chi connectivity index (χ1v) is 6.51. The summed E-state index contributed by atoms with van der Waals surface area (Å²) in [6, 6.07) is 7.11. The molecule has 0 aliphatic rings. The van der Waals surface area contributed by atoms with Crippen LogP contribution in [-0.2, 0) is 0 Å². The van der Waals surface area contributed by atoms with Crippen molar-refractivity contribution in [2.24, 2.45) is 0 Å². The normalized spacial score (nSPS) is 10.2. The molecule has 0 bridgehead atoms. The molecule has 21 heavy (non-hydrogen) atoms. The smallest absolute Gasteiger partial charge is 0.287 e. The highest BCUT2D eigenvalue weighted by Gasteiger charge is 2.15. The Labute approximate surface area is 125 Å². The summed E-state index contributed by atoms with van der Waals surface area (Å²) >= 11 is 5.77. The van der Waals surface area contributed by atoms with Crippen molar-refractivity contribution in [2.75, 3.05) is 13.1 Å². The monoisotopic (exact) mass is 310 g/mol.